The van der Waals surface area contributed by atoms with Crippen molar-refractivity contribution in [3.63, 3.8) is 0 Å². The van der Waals surface area contributed by atoms with Crippen molar-refractivity contribution < 1.29 is 19.2 Å². The Balaban J connectivity index is 1.86. The molecule has 1 heterocycles. The van der Waals surface area contributed by atoms with Crippen LogP contribution in [0.4, 0.5) is 4.79 Å². The Labute approximate surface area is 156 Å². The highest BCUT2D eigenvalue weighted by Crippen LogP contribution is 2.53. The Bertz CT molecular complexity index is 686. The van der Waals surface area contributed by atoms with Crippen molar-refractivity contribution in [1.82, 2.24) is 4.90 Å². The third kappa shape index (κ3) is 3.03. The van der Waals surface area contributed by atoms with E-state index in [1.54, 1.807) is 4.90 Å². The SMILES string of the molecule is CC(C)(C)N(C(=O)O)C1(c2ccc(B3OC(C)(C)C(C)(C)O3)cc2)CC1. The van der Waals surface area contributed by atoms with Crippen LogP contribution in [0.3, 0.4) is 0 Å². The molecule has 0 bridgehead atoms. The summed E-state index contributed by atoms with van der Waals surface area (Å²) >= 11 is 0. The van der Waals surface area contributed by atoms with Crippen LogP contribution in [0.25, 0.3) is 0 Å². The van der Waals surface area contributed by atoms with Crippen LogP contribution in [0, 0.1) is 0 Å². The van der Waals surface area contributed by atoms with Gasteiger partial charge in [0.1, 0.15) is 0 Å². The van der Waals surface area contributed by atoms with Gasteiger partial charge in [-0.05, 0) is 72.3 Å². The Morgan fingerprint density at radius 3 is 1.85 bits per heavy atom. The van der Waals surface area contributed by atoms with Gasteiger partial charge in [0, 0.05) is 5.54 Å². The van der Waals surface area contributed by atoms with Gasteiger partial charge < -0.3 is 14.4 Å². The van der Waals surface area contributed by atoms with Crippen LogP contribution in [0.5, 0.6) is 0 Å². The molecule has 0 radical (unpaired) electrons. The van der Waals surface area contributed by atoms with E-state index in [9.17, 15) is 9.90 Å². The lowest BCUT2D eigenvalue weighted by Gasteiger charge is -2.40. The van der Waals surface area contributed by atoms with E-state index in [1.807, 2.05) is 72.7 Å². The number of amides is 1. The summed E-state index contributed by atoms with van der Waals surface area (Å²) in [5.74, 6) is 0. The number of benzene rings is 1. The first kappa shape index (κ1) is 19.2. The van der Waals surface area contributed by atoms with Gasteiger partial charge in [0.05, 0.1) is 16.7 Å². The molecule has 1 aliphatic heterocycles. The topological polar surface area (TPSA) is 59.0 Å². The quantitative estimate of drug-likeness (QED) is 0.835. The van der Waals surface area contributed by atoms with E-state index in [1.165, 1.54) is 0 Å². The number of hydrogen-bond acceptors (Lipinski definition) is 3. The summed E-state index contributed by atoms with van der Waals surface area (Å²) in [5.41, 5.74) is 0.377. The molecule has 0 unspecified atom stereocenters. The average Bonchev–Trinajstić information content (AvgIpc) is 3.21. The second-order valence-corrected chi connectivity index (χ2v) is 9.53. The standard InChI is InChI=1S/C20H30BNO4/c1-17(2,3)22(16(23)24)20(12-13-20)14-8-10-15(11-9-14)21-25-18(4,5)19(6,7)26-21/h8-11H,12-13H2,1-7H3,(H,23,24). The van der Waals surface area contributed by atoms with E-state index >= 15 is 0 Å². The van der Waals surface area contributed by atoms with E-state index in [0.717, 1.165) is 23.9 Å². The van der Waals surface area contributed by atoms with Gasteiger partial charge in [-0.2, -0.15) is 0 Å². The molecule has 142 valence electrons. The normalized spacial score (nSPS) is 23.0. The van der Waals surface area contributed by atoms with Crippen LogP contribution in [0.1, 0.15) is 66.9 Å². The predicted octanol–water partition coefficient (Wildman–Crippen LogP) is 3.75. The van der Waals surface area contributed by atoms with Gasteiger partial charge in [0.15, 0.2) is 0 Å². The van der Waals surface area contributed by atoms with Gasteiger partial charge in [-0.3, -0.25) is 4.90 Å². The molecule has 2 aliphatic rings. The van der Waals surface area contributed by atoms with Gasteiger partial charge in [-0.1, -0.05) is 24.3 Å². The lowest BCUT2D eigenvalue weighted by atomic mass is 9.78. The Hall–Kier alpha value is -1.53. The lowest BCUT2D eigenvalue weighted by Crippen LogP contribution is -2.51. The second kappa shape index (κ2) is 5.73. The highest BCUT2D eigenvalue weighted by Gasteiger charge is 2.56. The molecule has 1 aliphatic carbocycles. The second-order valence-electron chi connectivity index (χ2n) is 9.53. The Kier molecular flexibility index (Phi) is 4.24. The fourth-order valence-electron chi connectivity index (χ4n) is 3.80. The molecule has 2 fully saturated rings. The summed E-state index contributed by atoms with van der Waals surface area (Å²) in [6.07, 6.45) is 0.837. The van der Waals surface area contributed by atoms with Crippen LogP contribution in [-0.2, 0) is 14.8 Å². The summed E-state index contributed by atoms with van der Waals surface area (Å²) in [6.45, 7) is 14.0. The molecular weight excluding hydrogens is 329 g/mol. The molecule has 3 rings (SSSR count). The van der Waals surface area contributed by atoms with Crippen molar-refractivity contribution in [1.29, 1.82) is 0 Å². The van der Waals surface area contributed by atoms with E-state index < -0.39 is 24.3 Å². The largest absolute Gasteiger partial charge is 0.494 e. The van der Waals surface area contributed by atoms with Crippen LogP contribution >= 0.6 is 0 Å². The van der Waals surface area contributed by atoms with Crippen molar-refractivity contribution in [3.05, 3.63) is 29.8 Å². The van der Waals surface area contributed by atoms with Crippen molar-refractivity contribution in [2.24, 2.45) is 0 Å². The molecule has 1 N–H and O–H groups in total. The number of carbonyl (C=O) groups is 1. The minimum atomic E-state index is -0.870. The summed E-state index contributed by atoms with van der Waals surface area (Å²) in [7, 11) is -0.401. The van der Waals surface area contributed by atoms with Crippen molar-refractivity contribution in [3.8, 4) is 0 Å². The van der Waals surface area contributed by atoms with Crippen LogP contribution in [0.15, 0.2) is 24.3 Å². The number of carboxylic acid groups (broad SMARTS) is 1. The zero-order valence-electron chi connectivity index (χ0n) is 16.9. The van der Waals surface area contributed by atoms with Gasteiger partial charge in [-0.15, -0.1) is 0 Å². The van der Waals surface area contributed by atoms with Crippen molar-refractivity contribution in [2.45, 2.75) is 83.6 Å². The third-order valence-corrected chi connectivity index (χ3v) is 5.99. The molecule has 0 atom stereocenters. The minimum Gasteiger partial charge on any atom is -0.465 e. The molecule has 0 aromatic heterocycles. The fraction of sp³-hybridized carbons (Fsp3) is 0.650. The van der Waals surface area contributed by atoms with Crippen molar-refractivity contribution >= 4 is 18.7 Å². The minimum absolute atomic E-state index is 0.375. The molecule has 1 aromatic carbocycles. The highest BCUT2D eigenvalue weighted by atomic mass is 16.7. The predicted molar refractivity (Wildman–Crippen MR) is 103 cm³/mol. The summed E-state index contributed by atoms with van der Waals surface area (Å²) in [4.78, 5) is 13.5. The maximum atomic E-state index is 11.9. The first-order valence-corrected chi connectivity index (χ1v) is 9.30. The number of rotatable bonds is 3. The molecule has 0 spiro atoms. The first-order valence-electron chi connectivity index (χ1n) is 9.30. The number of hydrogen-bond donors (Lipinski definition) is 1. The highest BCUT2D eigenvalue weighted by molar-refractivity contribution is 6.62. The third-order valence-electron chi connectivity index (χ3n) is 5.99. The van der Waals surface area contributed by atoms with E-state index in [0.29, 0.717) is 0 Å². The Morgan fingerprint density at radius 1 is 1.04 bits per heavy atom. The molecular formula is C20H30BNO4. The molecule has 1 aromatic rings. The molecule has 1 saturated heterocycles. The first-order chi connectivity index (χ1) is 11.8. The van der Waals surface area contributed by atoms with E-state index in [2.05, 4.69) is 0 Å². The van der Waals surface area contributed by atoms with Gasteiger partial charge in [0.25, 0.3) is 0 Å². The summed E-state index contributed by atoms with van der Waals surface area (Å²) < 4.78 is 12.2. The van der Waals surface area contributed by atoms with E-state index in [-0.39, 0.29) is 11.2 Å². The van der Waals surface area contributed by atoms with E-state index in [4.69, 9.17) is 9.31 Å². The lowest BCUT2D eigenvalue weighted by molar-refractivity contribution is 0.00578. The zero-order chi connectivity index (χ0) is 19.5. The number of nitrogens with zero attached hydrogens (tertiary/aromatic N) is 1. The Morgan fingerprint density at radius 2 is 1.50 bits per heavy atom. The van der Waals surface area contributed by atoms with Gasteiger partial charge >= 0.3 is 13.2 Å². The van der Waals surface area contributed by atoms with Gasteiger partial charge in [0.2, 0.25) is 0 Å². The average molecular weight is 359 g/mol. The van der Waals surface area contributed by atoms with Crippen molar-refractivity contribution in [2.75, 3.05) is 0 Å². The zero-order valence-corrected chi connectivity index (χ0v) is 16.9. The maximum Gasteiger partial charge on any atom is 0.494 e. The maximum absolute atomic E-state index is 11.9. The molecule has 1 amide bonds. The molecule has 5 nitrogen and oxygen atoms in total. The smallest absolute Gasteiger partial charge is 0.465 e. The fourth-order valence-corrected chi connectivity index (χ4v) is 3.80. The van der Waals surface area contributed by atoms with Crippen LogP contribution in [-0.4, -0.2) is 40.0 Å². The van der Waals surface area contributed by atoms with Crippen LogP contribution < -0.4 is 5.46 Å². The summed E-state index contributed by atoms with van der Waals surface area (Å²) in [6, 6.07) is 8.05. The monoisotopic (exact) mass is 359 g/mol. The molecule has 1 saturated carbocycles. The molecule has 6 heteroatoms. The molecule has 26 heavy (non-hydrogen) atoms. The van der Waals surface area contributed by atoms with Crippen LogP contribution in [0.2, 0.25) is 0 Å². The summed E-state index contributed by atoms with van der Waals surface area (Å²) in [5, 5.41) is 9.77. The van der Waals surface area contributed by atoms with Gasteiger partial charge in [-0.25, -0.2) is 4.79 Å².